The lowest BCUT2D eigenvalue weighted by molar-refractivity contribution is 0.0989. The maximum Gasteiger partial charge on any atom is 0.315 e. The van der Waals surface area contributed by atoms with Gasteiger partial charge in [0.2, 0.25) is 0 Å². The van der Waals surface area contributed by atoms with Gasteiger partial charge in [0, 0.05) is 11.6 Å². The van der Waals surface area contributed by atoms with Gasteiger partial charge >= 0.3 is 5.91 Å². The van der Waals surface area contributed by atoms with Gasteiger partial charge < -0.3 is 5.84 Å². The summed E-state index contributed by atoms with van der Waals surface area (Å²) in [4.78, 5) is 19.2. The maximum atomic E-state index is 11.3. The van der Waals surface area contributed by atoms with Crippen molar-refractivity contribution in [3.05, 3.63) is 36.3 Å². The first-order chi connectivity index (χ1) is 7.31. The smallest absolute Gasteiger partial charge is 0.304 e. The molecule has 0 radical (unpaired) electrons. The van der Waals surface area contributed by atoms with Crippen LogP contribution in [0.1, 0.15) is 10.5 Å². The van der Waals surface area contributed by atoms with E-state index < -0.39 is 5.91 Å². The van der Waals surface area contributed by atoms with Crippen molar-refractivity contribution in [3.8, 4) is 0 Å². The van der Waals surface area contributed by atoms with Crippen molar-refractivity contribution < 1.29 is 4.79 Å². The molecule has 2 aromatic heterocycles. The highest BCUT2D eigenvalue weighted by atomic mass is 16.2. The molecule has 2 aromatic rings. The molecule has 0 aliphatic carbocycles. The lowest BCUT2D eigenvalue weighted by Gasteiger charge is -1.97. The van der Waals surface area contributed by atoms with Crippen molar-refractivity contribution in [3.63, 3.8) is 0 Å². The van der Waals surface area contributed by atoms with Gasteiger partial charge in [-0.15, -0.1) is 0 Å². The number of pyridine rings is 2. The molecule has 1 amide bonds. The first-order valence-corrected chi connectivity index (χ1v) is 4.17. The summed E-state index contributed by atoms with van der Waals surface area (Å²) < 4.78 is 0. The summed E-state index contributed by atoms with van der Waals surface area (Å²) in [5, 5.41) is 7.00. The molecule has 0 spiro atoms. The van der Waals surface area contributed by atoms with Crippen molar-refractivity contribution in [1.29, 1.82) is 0 Å². The molecule has 0 atom stereocenters. The van der Waals surface area contributed by atoms with E-state index in [-0.39, 0.29) is 5.69 Å². The number of carbonyl (C=O) groups excluding carboxylic acids is 1. The standard InChI is InChI=1S/C9H7N5O/c10-14-13-9(15)7-2-1-6-3-4-11-5-8(6)12-7/h1-5H,(H2,10,13,15). The molecule has 6 heteroatoms. The van der Waals surface area contributed by atoms with E-state index in [0.29, 0.717) is 5.52 Å². The zero-order valence-electron chi connectivity index (χ0n) is 7.66. The van der Waals surface area contributed by atoms with Crippen LogP contribution < -0.4 is 5.84 Å². The number of aromatic nitrogens is 2. The number of nitrogens with zero attached hydrogens (tertiary/aromatic N) is 4. The Labute approximate surface area is 84.8 Å². The van der Waals surface area contributed by atoms with Crippen LogP contribution in [-0.2, 0) is 0 Å². The van der Waals surface area contributed by atoms with Crippen LogP contribution in [0.15, 0.2) is 40.9 Å². The van der Waals surface area contributed by atoms with E-state index in [1.165, 1.54) is 0 Å². The van der Waals surface area contributed by atoms with Gasteiger partial charge in [-0.2, -0.15) is 0 Å². The fourth-order valence-corrected chi connectivity index (χ4v) is 1.19. The lowest BCUT2D eigenvalue weighted by Crippen LogP contribution is -1.99. The lowest BCUT2D eigenvalue weighted by atomic mass is 10.2. The van der Waals surface area contributed by atoms with E-state index in [2.05, 4.69) is 20.3 Å². The molecule has 0 saturated carbocycles. The normalized spacial score (nSPS) is 10.9. The molecule has 15 heavy (non-hydrogen) atoms. The first-order valence-electron chi connectivity index (χ1n) is 4.17. The minimum atomic E-state index is -0.566. The zero-order chi connectivity index (χ0) is 10.7. The van der Waals surface area contributed by atoms with Gasteiger partial charge in [-0.05, 0) is 12.1 Å². The van der Waals surface area contributed by atoms with Gasteiger partial charge in [-0.1, -0.05) is 16.4 Å². The summed E-state index contributed by atoms with van der Waals surface area (Å²) in [6.45, 7) is 0. The number of nitrogens with two attached hydrogens (primary N) is 1. The fraction of sp³-hybridized carbons (Fsp3) is 0. The topological polar surface area (TPSA) is 93.6 Å². The summed E-state index contributed by atoms with van der Waals surface area (Å²) in [6.07, 6.45) is 3.23. The summed E-state index contributed by atoms with van der Waals surface area (Å²) in [5.41, 5.74) is 0.834. The van der Waals surface area contributed by atoms with Crippen LogP contribution in [-0.4, -0.2) is 15.9 Å². The van der Waals surface area contributed by atoms with Crippen LogP contribution in [0.5, 0.6) is 0 Å². The Bertz CT molecular complexity index is 537. The number of carbonyl (C=O) groups is 1. The van der Waals surface area contributed by atoms with Crippen LogP contribution in [0.3, 0.4) is 0 Å². The highest BCUT2D eigenvalue weighted by Gasteiger charge is 2.06. The average Bonchev–Trinajstić information content (AvgIpc) is 2.29. The Kier molecular flexibility index (Phi) is 2.32. The van der Waals surface area contributed by atoms with Gasteiger partial charge in [-0.3, -0.25) is 9.78 Å². The van der Waals surface area contributed by atoms with Gasteiger partial charge in [0.25, 0.3) is 0 Å². The van der Waals surface area contributed by atoms with Crippen LogP contribution in [0.4, 0.5) is 0 Å². The van der Waals surface area contributed by atoms with E-state index in [1.54, 1.807) is 30.6 Å². The Hall–Kier alpha value is -2.37. The molecule has 6 nitrogen and oxygen atoms in total. The van der Waals surface area contributed by atoms with E-state index >= 15 is 0 Å². The van der Waals surface area contributed by atoms with Crippen molar-refractivity contribution in [2.24, 2.45) is 16.2 Å². The van der Waals surface area contributed by atoms with Crippen LogP contribution >= 0.6 is 0 Å². The van der Waals surface area contributed by atoms with E-state index in [9.17, 15) is 4.79 Å². The van der Waals surface area contributed by atoms with Gasteiger partial charge in [0.15, 0.2) is 0 Å². The first kappa shape index (κ1) is 9.20. The molecule has 74 valence electrons. The summed E-state index contributed by atoms with van der Waals surface area (Å²) in [6, 6.07) is 5.14. The monoisotopic (exact) mass is 201 g/mol. The second-order valence-electron chi connectivity index (χ2n) is 2.79. The Morgan fingerprint density at radius 3 is 3.00 bits per heavy atom. The highest BCUT2D eigenvalue weighted by Crippen LogP contribution is 2.10. The molecule has 0 aromatic carbocycles. The van der Waals surface area contributed by atoms with Crippen molar-refractivity contribution >= 4 is 16.8 Å². The van der Waals surface area contributed by atoms with Crippen molar-refractivity contribution in [1.82, 2.24) is 9.97 Å². The van der Waals surface area contributed by atoms with Gasteiger partial charge in [-0.25, -0.2) is 4.98 Å². The molecular weight excluding hydrogens is 194 g/mol. The number of hydrogen-bond donors (Lipinski definition) is 1. The highest BCUT2D eigenvalue weighted by molar-refractivity contribution is 5.94. The summed E-state index contributed by atoms with van der Waals surface area (Å²) >= 11 is 0. The molecular formula is C9H7N5O. The second kappa shape index (κ2) is 3.79. The third-order valence-corrected chi connectivity index (χ3v) is 1.86. The molecule has 0 fully saturated rings. The quantitative estimate of drug-likeness (QED) is 0.424. The molecule has 2 heterocycles. The van der Waals surface area contributed by atoms with E-state index in [1.807, 2.05) is 0 Å². The van der Waals surface area contributed by atoms with Gasteiger partial charge in [0.1, 0.15) is 5.69 Å². The van der Waals surface area contributed by atoms with E-state index in [4.69, 9.17) is 5.84 Å². The third kappa shape index (κ3) is 1.78. The molecule has 0 unspecified atom stereocenters. The number of fused-ring (bicyclic) bond motifs is 1. The molecule has 0 aliphatic rings. The van der Waals surface area contributed by atoms with Crippen molar-refractivity contribution in [2.45, 2.75) is 0 Å². The van der Waals surface area contributed by atoms with Crippen LogP contribution in [0.2, 0.25) is 0 Å². The SMILES string of the molecule is NN=NC(=O)c1ccc2ccncc2n1. The molecule has 2 N–H and O–H groups in total. The van der Waals surface area contributed by atoms with Crippen molar-refractivity contribution in [2.75, 3.05) is 0 Å². The fourth-order valence-electron chi connectivity index (χ4n) is 1.19. The Balaban J connectivity index is 2.51. The number of amides is 1. The Morgan fingerprint density at radius 1 is 1.33 bits per heavy atom. The number of rotatable bonds is 1. The number of hydrogen-bond acceptors (Lipinski definition) is 4. The maximum absolute atomic E-state index is 11.3. The predicted octanol–water partition coefficient (Wildman–Crippen LogP) is 1.10. The third-order valence-electron chi connectivity index (χ3n) is 1.86. The predicted molar refractivity (Wildman–Crippen MR) is 52.9 cm³/mol. The second-order valence-corrected chi connectivity index (χ2v) is 2.79. The minimum Gasteiger partial charge on any atom is -0.304 e. The minimum absolute atomic E-state index is 0.199. The zero-order valence-corrected chi connectivity index (χ0v) is 7.66. The average molecular weight is 201 g/mol. The summed E-state index contributed by atoms with van der Waals surface area (Å²) in [7, 11) is 0. The largest absolute Gasteiger partial charge is 0.315 e. The van der Waals surface area contributed by atoms with E-state index in [0.717, 1.165) is 5.39 Å². The van der Waals surface area contributed by atoms with Crippen LogP contribution in [0.25, 0.3) is 10.9 Å². The molecule has 0 saturated heterocycles. The molecule has 0 bridgehead atoms. The van der Waals surface area contributed by atoms with Gasteiger partial charge in [0.05, 0.1) is 11.7 Å². The molecule has 0 aliphatic heterocycles. The summed E-state index contributed by atoms with van der Waals surface area (Å²) in [5.74, 6) is 4.21. The Morgan fingerprint density at radius 2 is 2.20 bits per heavy atom. The molecule has 2 rings (SSSR count). The van der Waals surface area contributed by atoms with Crippen LogP contribution in [0, 0.1) is 0 Å².